The van der Waals surface area contributed by atoms with Crippen LogP contribution in [0.25, 0.3) is 0 Å². The zero-order chi connectivity index (χ0) is 7.07. The van der Waals surface area contributed by atoms with E-state index in [4.69, 9.17) is 10.5 Å². The maximum absolute atomic E-state index is 5.55. The normalized spacial score (nSPS) is 34.7. The number of rotatable bonds is 1. The van der Waals surface area contributed by atoms with Crippen LogP contribution < -0.4 is 5.73 Å². The average molecular weight is 129 g/mol. The van der Waals surface area contributed by atoms with Crippen LogP contribution in [0.15, 0.2) is 0 Å². The molecule has 0 radical (unpaired) electrons. The van der Waals surface area contributed by atoms with E-state index < -0.39 is 0 Å². The zero-order valence-electron chi connectivity index (χ0n) is 6.35. The molecule has 0 aromatic carbocycles. The zero-order valence-corrected chi connectivity index (χ0v) is 6.35. The minimum absolute atomic E-state index is 0.0151. The summed E-state index contributed by atoms with van der Waals surface area (Å²) >= 11 is 0. The van der Waals surface area contributed by atoms with Crippen molar-refractivity contribution < 1.29 is 4.74 Å². The molecule has 0 bridgehead atoms. The van der Waals surface area contributed by atoms with Gasteiger partial charge in [0.05, 0.1) is 11.7 Å². The molecule has 1 saturated carbocycles. The van der Waals surface area contributed by atoms with E-state index in [1.165, 1.54) is 0 Å². The largest absolute Gasteiger partial charge is 0.371 e. The molecule has 9 heavy (non-hydrogen) atoms. The first-order valence-electron chi connectivity index (χ1n) is 3.42. The summed E-state index contributed by atoms with van der Waals surface area (Å²) in [4.78, 5) is 0. The van der Waals surface area contributed by atoms with Crippen LogP contribution in [-0.2, 0) is 4.74 Å². The van der Waals surface area contributed by atoms with Gasteiger partial charge in [-0.3, -0.25) is 0 Å². The van der Waals surface area contributed by atoms with Gasteiger partial charge in [-0.2, -0.15) is 0 Å². The molecule has 0 aromatic heterocycles. The molecule has 54 valence electrons. The van der Waals surface area contributed by atoms with E-state index in [0.29, 0.717) is 12.1 Å². The molecule has 0 spiro atoms. The van der Waals surface area contributed by atoms with Gasteiger partial charge in [0.1, 0.15) is 0 Å². The van der Waals surface area contributed by atoms with Crippen molar-refractivity contribution in [1.29, 1.82) is 0 Å². The fraction of sp³-hybridized carbons (Fsp3) is 1.00. The van der Waals surface area contributed by atoms with Crippen molar-refractivity contribution in [3.8, 4) is 0 Å². The first-order valence-corrected chi connectivity index (χ1v) is 3.42. The van der Waals surface area contributed by atoms with Gasteiger partial charge in [0, 0.05) is 6.04 Å². The van der Waals surface area contributed by atoms with Gasteiger partial charge in [0.15, 0.2) is 0 Å². The highest BCUT2D eigenvalue weighted by atomic mass is 16.5. The third-order valence-electron chi connectivity index (χ3n) is 1.28. The molecule has 0 amide bonds. The maximum atomic E-state index is 5.55. The second-order valence-electron chi connectivity index (χ2n) is 3.67. The molecular formula is C7H15NO. The highest BCUT2D eigenvalue weighted by Gasteiger charge is 2.37. The van der Waals surface area contributed by atoms with Gasteiger partial charge < -0.3 is 10.5 Å². The van der Waals surface area contributed by atoms with Gasteiger partial charge in [-0.15, -0.1) is 0 Å². The molecular weight excluding hydrogens is 114 g/mol. The summed E-state index contributed by atoms with van der Waals surface area (Å²) in [6, 6.07) is 0.309. The molecule has 0 saturated heterocycles. The van der Waals surface area contributed by atoms with Crippen molar-refractivity contribution in [1.82, 2.24) is 0 Å². The Kier molecular flexibility index (Phi) is 1.53. The summed E-state index contributed by atoms with van der Waals surface area (Å²) in [6.45, 7) is 6.16. The quantitative estimate of drug-likeness (QED) is 0.571. The fourth-order valence-corrected chi connectivity index (χ4v) is 0.779. The lowest BCUT2D eigenvalue weighted by atomic mass is 10.2. The van der Waals surface area contributed by atoms with E-state index in [-0.39, 0.29) is 5.60 Å². The predicted octanol–water partition coefficient (Wildman–Crippen LogP) is 0.901. The van der Waals surface area contributed by atoms with Crippen molar-refractivity contribution in [2.75, 3.05) is 0 Å². The van der Waals surface area contributed by atoms with Gasteiger partial charge in [-0.05, 0) is 27.2 Å². The molecule has 1 aliphatic carbocycles. The predicted molar refractivity (Wildman–Crippen MR) is 37.2 cm³/mol. The van der Waals surface area contributed by atoms with Crippen LogP contribution in [0, 0.1) is 0 Å². The van der Waals surface area contributed by atoms with E-state index in [9.17, 15) is 0 Å². The third kappa shape index (κ3) is 2.33. The van der Waals surface area contributed by atoms with Crippen LogP contribution in [0.1, 0.15) is 27.2 Å². The molecule has 2 heteroatoms. The summed E-state index contributed by atoms with van der Waals surface area (Å²) < 4.78 is 5.54. The Morgan fingerprint density at radius 3 is 2.00 bits per heavy atom. The maximum Gasteiger partial charge on any atom is 0.0749 e. The van der Waals surface area contributed by atoms with E-state index in [1.807, 2.05) is 0 Å². The monoisotopic (exact) mass is 129 g/mol. The third-order valence-corrected chi connectivity index (χ3v) is 1.28. The number of hydrogen-bond donors (Lipinski definition) is 1. The first-order chi connectivity index (χ1) is 3.99. The Balaban J connectivity index is 2.19. The van der Waals surface area contributed by atoms with Gasteiger partial charge in [-0.1, -0.05) is 0 Å². The van der Waals surface area contributed by atoms with Crippen LogP contribution in [0.4, 0.5) is 0 Å². The number of hydrogen-bond acceptors (Lipinski definition) is 2. The Morgan fingerprint density at radius 2 is 1.89 bits per heavy atom. The van der Waals surface area contributed by atoms with Crippen molar-refractivity contribution in [3.05, 3.63) is 0 Å². The summed E-state index contributed by atoms with van der Waals surface area (Å²) in [5.41, 5.74) is 5.53. The van der Waals surface area contributed by atoms with Crippen LogP contribution >= 0.6 is 0 Å². The Hall–Kier alpha value is -0.0800. The van der Waals surface area contributed by atoms with E-state index in [2.05, 4.69) is 20.8 Å². The van der Waals surface area contributed by atoms with Crippen LogP contribution in [-0.4, -0.2) is 17.7 Å². The van der Waals surface area contributed by atoms with Crippen molar-refractivity contribution in [2.24, 2.45) is 5.73 Å². The molecule has 2 N–H and O–H groups in total. The van der Waals surface area contributed by atoms with E-state index in [0.717, 1.165) is 6.42 Å². The lowest BCUT2D eigenvalue weighted by Crippen LogP contribution is -2.23. The highest BCUT2D eigenvalue weighted by molar-refractivity contribution is 4.93. The lowest BCUT2D eigenvalue weighted by molar-refractivity contribution is -0.0173. The Morgan fingerprint density at radius 1 is 1.44 bits per heavy atom. The Bertz CT molecular complexity index is 106. The molecule has 0 aliphatic heterocycles. The standard InChI is InChI=1S/C7H15NO/c1-7(2,3)9-6-4-5(6)8/h5-6H,4,8H2,1-3H3/t5-,6-/m1/s1. The molecule has 0 unspecified atom stereocenters. The molecule has 2 atom stereocenters. The van der Waals surface area contributed by atoms with E-state index >= 15 is 0 Å². The summed E-state index contributed by atoms with van der Waals surface area (Å²) in [6.07, 6.45) is 1.38. The van der Waals surface area contributed by atoms with Gasteiger partial charge in [0.2, 0.25) is 0 Å². The molecule has 1 fully saturated rings. The van der Waals surface area contributed by atoms with E-state index in [1.54, 1.807) is 0 Å². The Labute approximate surface area is 56.4 Å². The van der Waals surface area contributed by atoms with Gasteiger partial charge >= 0.3 is 0 Å². The number of ether oxygens (including phenoxy) is 1. The summed E-state index contributed by atoms with van der Waals surface area (Å²) in [7, 11) is 0. The van der Waals surface area contributed by atoms with Gasteiger partial charge in [-0.25, -0.2) is 0 Å². The fourth-order valence-electron chi connectivity index (χ4n) is 0.779. The second kappa shape index (κ2) is 1.96. The van der Waals surface area contributed by atoms with Crippen LogP contribution in [0.5, 0.6) is 0 Å². The minimum atomic E-state index is -0.0151. The van der Waals surface area contributed by atoms with Gasteiger partial charge in [0.25, 0.3) is 0 Å². The number of nitrogens with two attached hydrogens (primary N) is 1. The minimum Gasteiger partial charge on any atom is -0.371 e. The first kappa shape index (κ1) is 7.03. The highest BCUT2D eigenvalue weighted by Crippen LogP contribution is 2.27. The lowest BCUT2D eigenvalue weighted by Gasteiger charge is -2.18. The second-order valence-corrected chi connectivity index (χ2v) is 3.67. The van der Waals surface area contributed by atoms with Crippen molar-refractivity contribution in [3.63, 3.8) is 0 Å². The van der Waals surface area contributed by atoms with Crippen molar-refractivity contribution in [2.45, 2.75) is 44.9 Å². The summed E-state index contributed by atoms with van der Waals surface area (Å²) in [5, 5.41) is 0. The summed E-state index contributed by atoms with van der Waals surface area (Å²) in [5.74, 6) is 0. The molecule has 0 aromatic rings. The van der Waals surface area contributed by atoms with Crippen LogP contribution in [0.3, 0.4) is 0 Å². The molecule has 1 rings (SSSR count). The van der Waals surface area contributed by atoms with Crippen molar-refractivity contribution >= 4 is 0 Å². The average Bonchev–Trinajstić information content (AvgIpc) is 2.13. The molecule has 0 heterocycles. The smallest absolute Gasteiger partial charge is 0.0749 e. The molecule has 1 aliphatic rings. The SMILES string of the molecule is CC(C)(C)O[C@@H]1C[C@H]1N. The van der Waals surface area contributed by atoms with Crippen LogP contribution in [0.2, 0.25) is 0 Å². The topological polar surface area (TPSA) is 35.2 Å². The molecule has 2 nitrogen and oxygen atoms in total.